The van der Waals surface area contributed by atoms with Gasteiger partial charge in [-0.3, -0.25) is 4.79 Å². The maximum absolute atomic E-state index is 12.2. The molecule has 0 saturated carbocycles. The molecule has 0 atom stereocenters. The molecular formula is C17H16ClF3N2O4S. The first kappa shape index (κ1) is 22.0. The molecule has 0 aliphatic heterocycles. The lowest BCUT2D eigenvalue weighted by Crippen LogP contribution is -2.33. The lowest BCUT2D eigenvalue weighted by atomic mass is 10.2. The van der Waals surface area contributed by atoms with Gasteiger partial charge >= 0.3 is 6.18 Å². The smallest absolute Gasteiger partial charge is 0.405 e. The summed E-state index contributed by atoms with van der Waals surface area (Å²) >= 11 is 5.75. The Morgan fingerprint density at radius 1 is 1.04 bits per heavy atom. The van der Waals surface area contributed by atoms with Crippen molar-refractivity contribution in [3.8, 4) is 5.75 Å². The van der Waals surface area contributed by atoms with Crippen LogP contribution >= 0.6 is 11.6 Å². The van der Waals surface area contributed by atoms with E-state index in [0.29, 0.717) is 10.8 Å². The molecule has 0 radical (unpaired) electrons. The first-order valence-corrected chi connectivity index (χ1v) is 9.76. The van der Waals surface area contributed by atoms with E-state index in [4.69, 9.17) is 16.3 Å². The van der Waals surface area contributed by atoms with Crippen LogP contribution in [0.1, 0.15) is 10.4 Å². The molecular weight excluding hydrogens is 421 g/mol. The second-order valence-electron chi connectivity index (χ2n) is 5.52. The molecule has 0 heterocycles. The van der Waals surface area contributed by atoms with Crippen molar-refractivity contribution in [2.24, 2.45) is 0 Å². The molecule has 2 N–H and O–H groups in total. The van der Waals surface area contributed by atoms with Crippen LogP contribution in [-0.4, -0.2) is 40.2 Å². The molecule has 11 heteroatoms. The highest BCUT2D eigenvalue weighted by Crippen LogP contribution is 2.16. The van der Waals surface area contributed by atoms with Gasteiger partial charge in [0.15, 0.2) is 0 Å². The summed E-state index contributed by atoms with van der Waals surface area (Å²) < 4.78 is 68.4. The van der Waals surface area contributed by atoms with Gasteiger partial charge in [-0.15, -0.1) is 0 Å². The highest BCUT2D eigenvalue weighted by Gasteiger charge is 2.28. The van der Waals surface area contributed by atoms with Crippen molar-refractivity contribution in [1.82, 2.24) is 10.0 Å². The summed E-state index contributed by atoms with van der Waals surface area (Å²) in [6.45, 7) is -1.42. The van der Waals surface area contributed by atoms with Gasteiger partial charge < -0.3 is 10.1 Å². The summed E-state index contributed by atoms with van der Waals surface area (Å²) in [5, 5.41) is 2.25. The molecule has 0 bridgehead atoms. The van der Waals surface area contributed by atoms with Crippen molar-refractivity contribution >= 4 is 27.5 Å². The van der Waals surface area contributed by atoms with Crippen molar-refractivity contribution in [2.45, 2.75) is 11.1 Å². The third-order valence-electron chi connectivity index (χ3n) is 3.35. The van der Waals surface area contributed by atoms with Gasteiger partial charge in [0.05, 0.1) is 4.90 Å². The third kappa shape index (κ3) is 7.02. The van der Waals surface area contributed by atoms with Crippen LogP contribution in [0.3, 0.4) is 0 Å². The van der Waals surface area contributed by atoms with E-state index in [9.17, 15) is 26.4 Å². The van der Waals surface area contributed by atoms with E-state index in [1.807, 2.05) is 0 Å². The third-order valence-corrected chi connectivity index (χ3v) is 5.08. The van der Waals surface area contributed by atoms with Crippen molar-refractivity contribution in [3.05, 3.63) is 59.1 Å². The van der Waals surface area contributed by atoms with Crippen LogP contribution in [0.2, 0.25) is 5.02 Å². The summed E-state index contributed by atoms with van der Waals surface area (Å²) in [4.78, 5) is 11.5. The second-order valence-corrected chi connectivity index (χ2v) is 7.73. The Morgan fingerprint density at radius 2 is 1.64 bits per heavy atom. The first-order chi connectivity index (χ1) is 13.1. The van der Waals surface area contributed by atoms with Crippen LogP contribution in [0.5, 0.6) is 5.75 Å². The molecule has 0 aliphatic carbocycles. The highest BCUT2D eigenvalue weighted by atomic mass is 35.5. The number of amides is 1. The number of nitrogens with one attached hydrogen (secondary N) is 2. The number of hydrogen-bond acceptors (Lipinski definition) is 4. The molecule has 2 aromatic rings. The number of halogens is 4. The predicted octanol–water partition coefficient (Wildman–Crippen LogP) is 2.99. The Balaban J connectivity index is 1.87. The van der Waals surface area contributed by atoms with Gasteiger partial charge in [0.1, 0.15) is 18.9 Å². The Kier molecular flexibility index (Phi) is 7.28. The van der Waals surface area contributed by atoms with Crippen LogP contribution in [0, 0.1) is 0 Å². The van der Waals surface area contributed by atoms with Gasteiger partial charge in [0.2, 0.25) is 10.0 Å². The van der Waals surface area contributed by atoms with Crippen molar-refractivity contribution in [2.75, 3.05) is 19.7 Å². The van der Waals surface area contributed by atoms with Gasteiger partial charge in [0.25, 0.3) is 5.91 Å². The Morgan fingerprint density at radius 3 is 2.21 bits per heavy atom. The van der Waals surface area contributed by atoms with Gasteiger partial charge in [-0.2, -0.15) is 13.2 Å². The number of alkyl halides is 3. The Labute approximate surface area is 164 Å². The largest absolute Gasteiger partial charge is 0.492 e. The molecule has 0 saturated heterocycles. The van der Waals surface area contributed by atoms with Crippen molar-refractivity contribution in [1.29, 1.82) is 0 Å². The number of hydrogen-bond donors (Lipinski definition) is 2. The van der Waals surface area contributed by atoms with Gasteiger partial charge in [-0.1, -0.05) is 11.6 Å². The number of ether oxygens (including phenoxy) is 1. The number of carbonyl (C=O) groups excluding carboxylic acids is 1. The van der Waals surface area contributed by atoms with Crippen LogP contribution in [0.15, 0.2) is 53.4 Å². The average molecular weight is 437 g/mol. The lowest BCUT2D eigenvalue weighted by Gasteiger charge is -2.10. The zero-order chi connectivity index (χ0) is 20.8. The molecule has 0 spiro atoms. The van der Waals surface area contributed by atoms with Crippen LogP contribution in [0.25, 0.3) is 0 Å². The monoisotopic (exact) mass is 436 g/mol. The zero-order valence-electron chi connectivity index (χ0n) is 14.3. The summed E-state index contributed by atoms with van der Waals surface area (Å²) in [5.41, 5.74) is -0.0886. The minimum Gasteiger partial charge on any atom is -0.492 e. The van der Waals surface area contributed by atoms with Crippen molar-refractivity contribution in [3.63, 3.8) is 0 Å². The van der Waals surface area contributed by atoms with Gasteiger partial charge in [0, 0.05) is 17.1 Å². The normalized spacial score (nSPS) is 11.9. The highest BCUT2D eigenvalue weighted by molar-refractivity contribution is 7.89. The molecule has 152 valence electrons. The fraction of sp³-hybridized carbons (Fsp3) is 0.235. The predicted molar refractivity (Wildman–Crippen MR) is 97.0 cm³/mol. The summed E-state index contributed by atoms with van der Waals surface area (Å²) in [6.07, 6.45) is -4.53. The summed E-state index contributed by atoms with van der Waals surface area (Å²) in [5.74, 6) is -0.427. The molecule has 0 aliphatic rings. The quantitative estimate of drug-likeness (QED) is 0.623. The van der Waals surface area contributed by atoms with E-state index in [0.717, 1.165) is 24.3 Å². The summed E-state index contributed by atoms with van der Waals surface area (Å²) in [6, 6.07) is 11.1. The van der Waals surface area contributed by atoms with Crippen LogP contribution in [0.4, 0.5) is 13.2 Å². The van der Waals surface area contributed by atoms with E-state index < -0.39 is 28.7 Å². The maximum atomic E-state index is 12.2. The molecule has 0 unspecified atom stereocenters. The number of sulfonamides is 1. The minimum atomic E-state index is -4.53. The molecule has 28 heavy (non-hydrogen) atoms. The van der Waals surface area contributed by atoms with E-state index in [-0.39, 0.29) is 23.6 Å². The average Bonchev–Trinajstić information content (AvgIpc) is 2.64. The van der Waals surface area contributed by atoms with Crippen LogP contribution in [-0.2, 0) is 10.0 Å². The number of carbonyl (C=O) groups is 1. The molecule has 6 nitrogen and oxygen atoms in total. The Bertz CT molecular complexity index is 901. The zero-order valence-corrected chi connectivity index (χ0v) is 15.9. The Hall–Kier alpha value is -2.30. The van der Waals surface area contributed by atoms with E-state index >= 15 is 0 Å². The fourth-order valence-electron chi connectivity index (χ4n) is 2.03. The molecule has 2 aromatic carbocycles. The van der Waals surface area contributed by atoms with Gasteiger partial charge in [-0.05, 0) is 48.5 Å². The standard InChI is InChI=1S/C17H16ClF3N2O4S/c18-13-3-5-14(6-4-13)27-10-9-23-28(25,26)15-7-1-12(2-8-15)16(24)22-11-17(19,20)21/h1-8,23H,9-11H2,(H,22,24). The van der Waals surface area contributed by atoms with Crippen molar-refractivity contribution < 1.29 is 31.1 Å². The van der Waals surface area contributed by atoms with E-state index in [1.54, 1.807) is 29.6 Å². The fourth-order valence-corrected chi connectivity index (χ4v) is 3.17. The van der Waals surface area contributed by atoms with Gasteiger partial charge in [-0.25, -0.2) is 13.1 Å². The maximum Gasteiger partial charge on any atom is 0.405 e. The van der Waals surface area contributed by atoms with E-state index in [1.165, 1.54) is 0 Å². The topological polar surface area (TPSA) is 84.5 Å². The SMILES string of the molecule is O=C(NCC(F)(F)F)c1ccc(S(=O)(=O)NCCOc2ccc(Cl)cc2)cc1. The van der Waals surface area contributed by atoms with Crippen LogP contribution < -0.4 is 14.8 Å². The van der Waals surface area contributed by atoms with E-state index in [2.05, 4.69) is 4.72 Å². The molecule has 0 aromatic heterocycles. The minimum absolute atomic E-state index is 0.0151. The second kappa shape index (κ2) is 9.26. The molecule has 0 fully saturated rings. The molecule has 2 rings (SSSR count). The number of benzene rings is 2. The number of rotatable bonds is 8. The lowest BCUT2D eigenvalue weighted by molar-refractivity contribution is -0.123. The summed E-state index contributed by atoms with van der Waals surface area (Å²) in [7, 11) is -3.86. The first-order valence-electron chi connectivity index (χ1n) is 7.90. The molecule has 1 amide bonds.